The van der Waals surface area contributed by atoms with E-state index in [2.05, 4.69) is 9.47 Å². The highest BCUT2D eigenvalue weighted by Crippen LogP contribution is 1.85. The van der Waals surface area contributed by atoms with Crippen molar-refractivity contribution in [2.75, 3.05) is 0 Å². The fourth-order valence-electron chi connectivity index (χ4n) is 0.160. The lowest BCUT2D eigenvalue weighted by Gasteiger charge is -1.97. The van der Waals surface area contributed by atoms with E-state index in [4.69, 9.17) is 0 Å². The zero-order valence-corrected chi connectivity index (χ0v) is 5.21. The molecule has 4 heteroatoms. The lowest BCUT2D eigenvalue weighted by atomic mass is 10.8. The zero-order valence-electron chi connectivity index (χ0n) is 5.21. The van der Waals surface area contributed by atoms with Gasteiger partial charge in [0.15, 0.2) is 0 Å². The summed E-state index contributed by atoms with van der Waals surface area (Å²) >= 11 is 0. The summed E-state index contributed by atoms with van der Waals surface area (Å²) in [6.45, 7) is 3.12. The number of ether oxygens (including phenoxy) is 2. The van der Waals surface area contributed by atoms with E-state index in [-0.39, 0.29) is 0 Å². The van der Waals surface area contributed by atoms with E-state index < -0.39 is 11.9 Å². The van der Waals surface area contributed by atoms with Crippen LogP contribution in [0.2, 0.25) is 0 Å². The summed E-state index contributed by atoms with van der Waals surface area (Å²) in [5, 5.41) is 0. The van der Waals surface area contributed by atoms with Gasteiger partial charge in [0.25, 0.3) is 0 Å². The molecule has 0 N–H and O–H groups in total. The van der Waals surface area contributed by atoms with Gasteiger partial charge in [-0.2, -0.15) is 0 Å². The van der Waals surface area contributed by atoms with Gasteiger partial charge in [0, 0.05) is 13.8 Å². The Morgan fingerprint density at radius 3 is 1.67 bits per heavy atom. The molecule has 0 rings (SSSR count). The highest BCUT2D eigenvalue weighted by atomic mass is 16.7. The van der Waals surface area contributed by atoms with Crippen LogP contribution in [0.15, 0.2) is 0 Å². The Balaban J connectivity index is 3.10. The summed E-state index contributed by atoms with van der Waals surface area (Å²) in [6, 6.07) is 0. The minimum Gasteiger partial charge on any atom is -0.417 e. The number of carbonyl (C=O) groups is 2. The van der Waals surface area contributed by atoms with Crippen LogP contribution in [0.1, 0.15) is 13.8 Å². The first-order valence-corrected chi connectivity index (χ1v) is 2.29. The fourth-order valence-corrected chi connectivity index (χ4v) is 0.160. The molecule has 1 radical (unpaired) electrons. The highest BCUT2D eigenvalue weighted by Gasteiger charge is 1.95. The minimum atomic E-state index is -0.517. The highest BCUT2D eigenvalue weighted by molar-refractivity contribution is 5.68. The van der Waals surface area contributed by atoms with Gasteiger partial charge in [-0.25, -0.2) is 0 Å². The molecule has 0 aliphatic rings. The Hall–Kier alpha value is -1.06. The predicted molar refractivity (Wildman–Crippen MR) is 27.8 cm³/mol. The van der Waals surface area contributed by atoms with E-state index in [0.717, 1.165) is 0 Å². The average molecular weight is 131 g/mol. The maximum atomic E-state index is 9.98. The van der Waals surface area contributed by atoms with Crippen molar-refractivity contribution < 1.29 is 19.1 Å². The van der Waals surface area contributed by atoms with Crippen LogP contribution < -0.4 is 0 Å². The average Bonchev–Trinajstić information content (AvgIpc) is 1.63. The van der Waals surface area contributed by atoms with Crippen molar-refractivity contribution in [3.8, 4) is 0 Å². The molecule has 51 valence electrons. The van der Waals surface area contributed by atoms with Gasteiger partial charge in [-0.1, -0.05) is 0 Å². The van der Waals surface area contributed by atoms with Crippen LogP contribution in [0.25, 0.3) is 0 Å². The Morgan fingerprint density at radius 2 is 1.44 bits per heavy atom. The van der Waals surface area contributed by atoms with Gasteiger partial charge in [0.1, 0.15) is 0 Å². The second-order valence-electron chi connectivity index (χ2n) is 1.32. The summed E-state index contributed by atoms with van der Waals surface area (Å²) < 4.78 is 8.29. The number of hydrogen-bond donors (Lipinski definition) is 0. The van der Waals surface area contributed by atoms with Crippen molar-refractivity contribution in [1.82, 2.24) is 0 Å². The molecule has 0 unspecified atom stereocenters. The molecule has 0 aromatic carbocycles. The predicted octanol–water partition coefficient (Wildman–Crippen LogP) is 0.232. The van der Waals surface area contributed by atoms with E-state index in [1.165, 1.54) is 13.8 Å². The molecular formula is C5H7O4. The van der Waals surface area contributed by atoms with Crippen LogP contribution in [-0.2, 0) is 19.1 Å². The van der Waals surface area contributed by atoms with Gasteiger partial charge < -0.3 is 9.47 Å². The van der Waals surface area contributed by atoms with Gasteiger partial charge in [-0.3, -0.25) is 9.59 Å². The second-order valence-corrected chi connectivity index (χ2v) is 1.32. The van der Waals surface area contributed by atoms with Gasteiger partial charge >= 0.3 is 18.7 Å². The molecule has 0 saturated heterocycles. The molecule has 0 aromatic rings. The fraction of sp³-hybridized carbons (Fsp3) is 0.400. The largest absolute Gasteiger partial charge is 0.417 e. The standard InChI is InChI=1S/C5H7O4/c1-4(6)8-3-9-5(2)7/h3H,1-2H3. The monoisotopic (exact) mass is 131 g/mol. The lowest BCUT2D eigenvalue weighted by Crippen LogP contribution is -2.01. The maximum absolute atomic E-state index is 9.98. The van der Waals surface area contributed by atoms with Crippen molar-refractivity contribution in [1.29, 1.82) is 0 Å². The van der Waals surface area contributed by atoms with E-state index in [1.807, 2.05) is 0 Å². The second kappa shape index (κ2) is 3.88. The zero-order chi connectivity index (χ0) is 7.28. The molecule has 0 aliphatic heterocycles. The molecule has 0 aliphatic carbocycles. The third-order valence-electron chi connectivity index (χ3n) is 0.428. The van der Waals surface area contributed by atoms with Gasteiger partial charge in [0.05, 0.1) is 0 Å². The normalized spacial score (nSPS) is 8.22. The number of carbonyl (C=O) groups excluding carboxylic acids is 2. The van der Waals surface area contributed by atoms with Crippen LogP contribution in [0, 0.1) is 6.79 Å². The molecule has 0 aromatic heterocycles. The minimum absolute atomic E-state index is 0.517. The summed E-state index contributed by atoms with van der Waals surface area (Å²) in [4.78, 5) is 20.0. The first-order chi connectivity index (χ1) is 4.13. The van der Waals surface area contributed by atoms with Crippen molar-refractivity contribution in [2.24, 2.45) is 0 Å². The number of rotatable bonds is 2. The summed E-state index contributed by atoms with van der Waals surface area (Å²) in [7, 11) is 0. The Morgan fingerprint density at radius 1 is 1.11 bits per heavy atom. The molecule has 0 bridgehead atoms. The number of hydrogen-bond acceptors (Lipinski definition) is 4. The summed E-state index contributed by atoms with van der Waals surface area (Å²) in [5.41, 5.74) is 0. The van der Waals surface area contributed by atoms with Crippen molar-refractivity contribution in [3.63, 3.8) is 0 Å². The molecule has 0 amide bonds. The molecule has 0 fully saturated rings. The topological polar surface area (TPSA) is 52.6 Å². The Labute approximate surface area is 52.7 Å². The Kier molecular flexibility index (Phi) is 3.43. The first kappa shape index (κ1) is 7.94. The van der Waals surface area contributed by atoms with Crippen LogP contribution in [0.5, 0.6) is 0 Å². The van der Waals surface area contributed by atoms with E-state index >= 15 is 0 Å². The third-order valence-corrected chi connectivity index (χ3v) is 0.428. The van der Waals surface area contributed by atoms with Gasteiger partial charge in [0.2, 0.25) is 0 Å². The molecule has 9 heavy (non-hydrogen) atoms. The van der Waals surface area contributed by atoms with E-state index in [0.29, 0.717) is 6.79 Å². The Bertz CT molecular complexity index is 104. The third kappa shape index (κ3) is 6.94. The van der Waals surface area contributed by atoms with Crippen LogP contribution in [0.3, 0.4) is 0 Å². The molecule has 0 saturated carbocycles. The smallest absolute Gasteiger partial charge is 0.320 e. The van der Waals surface area contributed by atoms with Crippen molar-refractivity contribution in [2.45, 2.75) is 13.8 Å². The molecule has 0 atom stereocenters. The number of esters is 2. The van der Waals surface area contributed by atoms with Crippen LogP contribution in [0.4, 0.5) is 0 Å². The molecular weight excluding hydrogens is 124 g/mol. The maximum Gasteiger partial charge on any atom is 0.320 e. The van der Waals surface area contributed by atoms with Gasteiger partial charge in [-0.15, -0.1) is 0 Å². The van der Waals surface area contributed by atoms with Gasteiger partial charge in [-0.05, 0) is 0 Å². The SMILES string of the molecule is CC(=O)O[CH]OC(C)=O. The van der Waals surface area contributed by atoms with Crippen LogP contribution in [-0.4, -0.2) is 11.9 Å². The van der Waals surface area contributed by atoms with E-state index in [9.17, 15) is 9.59 Å². The molecule has 0 spiro atoms. The summed E-state index contributed by atoms with van der Waals surface area (Å²) in [6.07, 6.45) is 0. The van der Waals surface area contributed by atoms with E-state index in [1.54, 1.807) is 0 Å². The molecule has 0 heterocycles. The first-order valence-electron chi connectivity index (χ1n) is 2.29. The molecule has 4 nitrogen and oxygen atoms in total. The van der Waals surface area contributed by atoms with Crippen LogP contribution >= 0.6 is 0 Å². The summed E-state index contributed by atoms with van der Waals surface area (Å²) in [5.74, 6) is -1.03. The van der Waals surface area contributed by atoms with Crippen molar-refractivity contribution >= 4 is 11.9 Å². The van der Waals surface area contributed by atoms with Crippen molar-refractivity contribution in [3.05, 3.63) is 6.79 Å². The lowest BCUT2D eigenvalue weighted by molar-refractivity contribution is -0.152. The quantitative estimate of drug-likeness (QED) is 0.503.